The largest absolute Gasteiger partial charge is 0.490 e. The summed E-state index contributed by atoms with van der Waals surface area (Å²) in [7, 11) is 0. The number of aromatic amines is 1. The van der Waals surface area contributed by atoms with E-state index in [2.05, 4.69) is 31.2 Å². The number of imidazole rings is 1. The van der Waals surface area contributed by atoms with Gasteiger partial charge in [-0.15, -0.1) is 0 Å². The van der Waals surface area contributed by atoms with E-state index in [9.17, 15) is 4.39 Å². The third-order valence-electron chi connectivity index (χ3n) is 5.14. The molecule has 4 aromatic rings. The number of para-hydroxylation sites is 2. The molecule has 0 saturated heterocycles. The number of hydrogen-bond acceptors (Lipinski definition) is 4. The number of rotatable bonds is 10. The van der Waals surface area contributed by atoms with Crippen molar-refractivity contribution in [2.24, 2.45) is 0 Å². The second-order valence-electron chi connectivity index (χ2n) is 7.44. The Morgan fingerprint density at radius 2 is 1.91 bits per heavy atom. The number of aromatic nitrogens is 2. The van der Waals surface area contributed by atoms with Gasteiger partial charge in [0.1, 0.15) is 18.2 Å². The number of H-pyrrole nitrogens is 1. The van der Waals surface area contributed by atoms with Crippen LogP contribution in [0.15, 0.2) is 59.1 Å². The van der Waals surface area contributed by atoms with Gasteiger partial charge in [-0.25, -0.2) is 9.37 Å². The van der Waals surface area contributed by atoms with Gasteiger partial charge in [-0.2, -0.15) is 0 Å². The Balaban J connectivity index is 1.39. The zero-order chi connectivity index (χ0) is 23.2. The number of ether oxygens (including phenoxy) is 2. The topological polar surface area (TPSA) is 59.2 Å². The second kappa shape index (κ2) is 11.0. The normalized spacial score (nSPS) is 11.2. The summed E-state index contributed by atoms with van der Waals surface area (Å²) < 4.78 is 26.6. The van der Waals surface area contributed by atoms with Gasteiger partial charge in [0.05, 0.1) is 22.7 Å². The van der Waals surface area contributed by atoms with Gasteiger partial charge < -0.3 is 19.8 Å². The molecule has 0 radical (unpaired) electrons. The van der Waals surface area contributed by atoms with E-state index < -0.39 is 5.82 Å². The summed E-state index contributed by atoms with van der Waals surface area (Å²) in [5, 5.41) is 3.77. The average molecular weight is 533 g/mol. The third kappa shape index (κ3) is 5.85. The maximum Gasteiger partial charge on any atom is 0.162 e. The fourth-order valence-electron chi connectivity index (χ4n) is 3.47. The molecule has 0 saturated carbocycles. The van der Waals surface area contributed by atoms with E-state index in [1.165, 1.54) is 6.07 Å². The first-order chi connectivity index (χ1) is 16.0. The third-order valence-corrected chi connectivity index (χ3v) is 6.23. The average Bonchev–Trinajstić information content (AvgIpc) is 3.21. The van der Waals surface area contributed by atoms with Gasteiger partial charge in [0.2, 0.25) is 0 Å². The van der Waals surface area contributed by atoms with Crippen molar-refractivity contribution in [2.45, 2.75) is 26.5 Å². The van der Waals surface area contributed by atoms with Crippen LogP contribution >= 0.6 is 27.5 Å². The van der Waals surface area contributed by atoms with Crippen molar-refractivity contribution in [1.29, 1.82) is 0 Å². The highest BCUT2D eigenvalue weighted by Gasteiger charge is 2.14. The molecule has 0 aliphatic heterocycles. The molecule has 8 heteroatoms. The summed E-state index contributed by atoms with van der Waals surface area (Å²) in [6.07, 6.45) is 0.787. The minimum Gasteiger partial charge on any atom is -0.490 e. The van der Waals surface area contributed by atoms with Crippen molar-refractivity contribution in [3.05, 3.63) is 86.9 Å². The molecule has 0 spiro atoms. The first-order valence-corrected chi connectivity index (χ1v) is 11.9. The van der Waals surface area contributed by atoms with Crippen LogP contribution in [0, 0.1) is 5.82 Å². The highest BCUT2D eigenvalue weighted by atomic mass is 79.9. The Hall–Kier alpha value is -2.61. The predicted molar refractivity (Wildman–Crippen MR) is 133 cm³/mol. The van der Waals surface area contributed by atoms with Crippen LogP contribution in [0.5, 0.6) is 11.5 Å². The molecule has 0 aliphatic rings. The number of fused-ring (bicyclic) bond motifs is 1. The van der Waals surface area contributed by atoms with Crippen molar-refractivity contribution in [3.63, 3.8) is 0 Å². The van der Waals surface area contributed by atoms with Gasteiger partial charge in [-0.05, 0) is 48.9 Å². The molecule has 0 fully saturated rings. The fourth-order valence-corrected chi connectivity index (χ4v) is 4.15. The molecule has 0 unspecified atom stereocenters. The number of halogens is 3. The highest BCUT2D eigenvalue weighted by molar-refractivity contribution is 9.10. The first kappa shape index (κ1) is 23.5. The van der Waals surface area contributed by atoms with Gasteiger partial charge in [0, 0.05) is 29.5 Å². The van der Waals surface area contributed by atoms with Crippen LogP contribution in [0.25, 0.3) is 11.0 Å². The molecule has 5 nitrogen and oxygen atoms in total. The molecule has 0 aliphatic carbocycles. The molecule has 1 aromatic heterocycles. The van der Waals surface area contributed by atoms with Crippen LogP contribution in [-0.2, 0) is 19.6 Å². The van der Waals surface area contributed by atoms with E-state index in [1.807, 2.05) is 43.3 Å². The molecular formula is C25H24BrClFN3O2. The summed E-state index contributed by atoms with van der Waals surface area (Å²) in [4.78, 5) is 7.95. The molecule has 0 amide bonds. The van der Waals surface area contributed by atoms with Crippen molar-refractivity contribution >= 4 is 38.6 Å². The van der Waals surface area contributed by atoms with Gasteiger partial charge in [0.25, 0.3) is 0 Å². The standard InChI is InChI=1S/C25H24BrClFN3O2/c1-2-32-23-12-16(14-29-11-10-25-30-21-8-3-4-9-22(21)31-25)18(26)13-24(23)33-15-17-19(27)6-5-7-20(17)28/h3-9,12-13,29H,2,10-11,14-15H2,1H3,(H,30,31). The van der Waals surface area contributed by atoms with Crippen molar-refractivity contribution in [1.82, 2.24) is 15.3 Å². The van der Waals surface area contributed by atoms with Crippen molar-refractivity contribution in [3.8, 4) is 11.5 Å². The second-order valence-corrected chi connectivity index (χ2v) is 8.70. The van der Waals surface area contributed by atoms with Gasteiger partial charge in [-0.1, -0.05) is 45.7 Å². The highest BCUT2D eigenvalue weighted by Crippen LogP contribution is 2.35. The van der Waals surface area contributed by atoms with Gasteiger partial charge in [-0.3, -0.25) is 0 Å². The van der Waals surface area contributed by atoms with E-state index in [0.717, 1.165) is 39.9 Å². The number of hydrogen-bond donors (Lipinski definition) is 2. The maximum atomic E-state index is 14.1. The van der Waals surface area contributed by atoms with Gasteiger partial charge >= 0.3 is 0 Å². The van der Waals surface area contributed by atoms with Crippen LogP contribution in [0.2, 0.25) is 5.02 Å². The van der Waals surface area contributed by atoms with Crippen LogP contribution in [0.1, 0.15) is 23.9 Å². The number of benzene rings is 3. The quantitative estimate of drug-likeness (QED) is 0.231. The smallest absolute Gasteiger partial charge is 0.162 e. The van der Waals surface area contributed by atoms with Gasteiger partial charge in [0.15, 0.2) is 11.5 Å². The lowest BCUT2D eigenvalue weighted by Gasteiger charge is -2.16. The lowest BCUT2D eigenvalue weighted by Crippen LogP contribution is -2.17. The summed E-state index contributed by atoms with van der Waals surface area (Å²) in [6.45, 7) is 3.80. The van der Waals surface area contributed by atoms with Crippen molar-refractivity contribution in [2.75, 3.05) is 13.2 Å². The monoisotopic (exact) mass is 531 g/mol. The zero-order valence-corrected chi connectivity index (χ0v) is 20.5. The van der Waals surface area contributed by atoms with E-state index in [0.29, 0.717) is 35.2 Å². The molecule has 2 N–H and O–H groups in total. The summed E-state index contributed by atoms with van der Waals surface area (Å²) in [6, 6.07) is 16.3. The Bertz CT molecular complexity index is 1190. The van der Waals surface area contributed by atoms with Crippen molar-refractivity contribution < 1.29 is 13.9 Å². The Kier molecular flexibility index (Phi) is 7.85. The maximum absolute atomic E-state index is 14.1. The minimum atomic E-state index is -0.398. The molecule has 1 heterocycles. The molecule has 33 heavy (non-hydrogen) atoms. The van der Waals surface area contributed by atoms with E-state index in [-0.39, 0.29) is 6.61 Å². The molecule has 172 valence electrons. The summed E-state index contributed by atoms with van der Waals surface area (Å²) >= 11 is 9.73. The predicted octanol–water partition coefficient (Wildman–Crippen LogP) is 6.43. The molecular weight excluding hydrogens is 509 g/mol. The molecule has 0 bridgehead atoms. The SMILES string of the molecule is CCOc1cc(CNCCc2nc3ccccc3[nH]2)c(Br)cc1OCc1c(F)cccc1Cl. The minimum absolute atomic E-state index is 0.00706. The molecule has 3 aromatic carbocycles. The Morgan fingerprint density at radius 3 is 2.70 bits per heavy atom. The summed E-state index contributed by atoms with van der Waals surface area (Å²) in [5.74, 6) is 1.68. The number of nitrogens with zero attached hydrogens (tertiary/aromatic N) is 1. The molecule has 0 atom stereocenters. The lowest BCUT2D eigenvalue weighted by molar-refractivity contribution is 0.265. The number of nitrogens with one attached hydrogen (secondary N) is 2. The Labute approximate surface area is 205 Å². The van der Waals surface area contributed by atoms with Crippen LogP contribution in [-0.4, -0.2) is 23.1 Å². The van der Waals surface area contributed by atoms with Crippen LogP contribution in [0.3, 0.4) is 0 Å². The van der Waals surface area contributed by atoms with E-state index in [4.69, 9.17) is 21.1 Å². The van der Waals surface area contributed by atoms with E-state index >= 15 is 0 Å². The Morgan fingerprint density at radius 1 is 1.09 bits per heavy atom. The zero-order valence-electron chi connectivity index (χ0n) is 18.1. The van der Waals surface area contributed by atoms with Crippen LogP contribution in [0.4, 0.5) is 4.39 Å². The van der Waals surface area contributed by atoms with Crippen LogP contribution < -0.4 is 14.8 Å². The first-order valence-electron chi connectivity index (χ1n) is 10.7. The lowest BCUT2D eigenvalue weighted by atomic mass is 10.2. The summed E-state index contributed by atoms with van der Waals surface area (Å²) in [5.41, 5.74) is 3.36. The molecule has 4 rings (SSSR count). The fraction of sp³-hybridized carbons (Fsp3) is 0.240. The van der Waals surface area contributed by atoms with E-state index in [1.54, 1.807) is 12.1 Å².